The lowest BCUT2D eigenvalue weighted by atomic mass is 10.1. The van der Waals surface area contributed by atoms with Crippen molar-refractivity contribution >= 4 is 0 Å². The van der Waals surface area contributed by atoms with Crippen molar-refractivity contribution in [3.63, 3.8) is 0 Å². The summed E-state index contributed by atoms with van der Waals surface area (Å²) in [7, 11) is 0. The van der Waals surface area contributed by atoms with Gasteiger partial charge in [0.25, 0.3) is 0 Å². The molecule has 1 aromatic rings. The maximum atomic E-state index is 9.64. The van der Waals surface area contributed by atoms with Gasteiger partial charge in [0.05, 0.1) is 6.04 Å². The Morgan fingerprint density at radius 2 is 1.35 bits per heavy atom. The Morgan fingerprint density at radius 3 is 1.88 bits per heavy atom. The molecule has 0 heterocycles. The van der Waals surface area contributed by atoms with Crippen molar-refractivity contribution in [3.05, 3.63) is 35.9 Å². The van der Waals surface area contributed by atoms with Gasteiger partial charge in [0.15, 0.2) is 0 Å². The van der Waals surface area contributed by atoms with E-state index in [1.807, 2.05) is 30.3 Å². The minimum atomic E-state index is -1.31. The SMILES string of the molecule is O[C@@H]1[C@H](O)[C@H](O)C(NCc2ccccc2)[C@@H]1O. The van der Waals surface area contributed by atoms with Gasteiger partial charge in [-0.2, -0.15) is 0 Å². The first-order valence-electron chi connectivity index (χ1n) is 5.61. The summed E-state index contributed by atoms with van der Waals surface area (Å²) in [5.74, 6) is 0. The van der Waals surface area contributed by atoms with E-state index in [0.29, 0.717) is 6.54 Å². The van der Waals surface area contributed by atoms with Crippen LogP contribution in [0.1, 0.15) is 5.56 Å². The molecule has 5 heteroatoms. The first-order valence-corrected chi connectivity index (χ1v) is 5.61. The van der Waals surface area contributed by atoms with Crippen LogP contribution in [0.3, 0.4) is 0 Å². The predicted molar refractivity (Wildman–Crippen MR) is 61.1 cm³/mol. The Labute approximate surface area is 99.3 Å². The number of hydrogen-bond donors (Lipinski definition) is 5. The van der Waals surface area contributed by atoms with Gasteiger partial charge in [-0.25, -0.2) is 0 Å². The molecular weight excluding hydrogens is 222 g/mol. The van der Waals surface area contributed by atoms with Crippen LogP contribution in [0.2, 0.25) is 0 Å². The van der Waals surface area contributed by atoms with Crippen LogP contribution in [0.4, 0.5) is 0 Å². The number of aliphatic hydroxyl groups excluding tert-OH is 4. The van der Waals surface area contributed by atoms with Crippen LogP contribution in [0.15, 0.2) is 30.3 Å². The first kappa shape index (κ1) is 12.5. The molecule has 1 aliphatic rings. The molecule has 5 atom stereocenters. The molecule has 1 fully saturated rings. The maximum Gasteiger partial charge on any atom is 0.110 e. The largest absolute Gasteiger partial charge is 0.389 e. The van der Waals surface area contributed by atoms with E-state index in [0.717, 1.165) is 5.56 Å². The van der Waals surface area contributed by atoms with Crippen LogP contribution < -0.4 is 5.32 Å². The molecule has 0 bridgehead atoms. The Kier molecular flexibility index (Phi) is 3.76. The second-order valence-corrected chi connectivity index (χ2v) is 4.35. The van der Waals surface area contributed by atoms with E-state index in [2.05, 4.69) is 5.32 Å². The van der Waals surface area contributed by atoms with Gasteiger partial charge in [0.2, 0.25) is 0 Å². The highest BCUT2D eigenvalue weighted by Gasteiger charge is 2.47. The minimum Gasteiger partial charge on any atom is -0.389 e. The summed E-state index contributed by atoms with van der Waals surface area (Å²) in [6.45, 7) is 0.457. The highest BCUT2D eigenvalue weighted by Crippen LogP contribution is 2.21. The molecule has 0 saturated heterocycles. The van der Waals surface area contributed by atoms with Gasteiger partial charge in [-0.1, -0.05) is 30.3 Å². The third kappa shape index (κ3) is 2.48. The van der Waals surface area contributed by atoms with Crippen molar-refractivity contribution in [1.82, 2.24) is 5.32 Å². The lowest BCUT2D eigenvalue weighted by Gasteiger charge is -2.20. The number of hydrogen-bond acceptors (Lipinski definition) is 5. The quantitative estimate of drug-likeness (QED) is 0.447. The van der Waals surface area contributed by atoms with E-state index in [1.54, 1.807) is 0 Å². The fourth-order valence-corrected chi connectivity index (χ4v) is 2.10. The van der Waals surface area contributed by atoms with Crippen molar-refractivity contribution < 1.29 is 20.4 Å². The Morgan fingerprint density at radius 1 is 0.824 bits per heavy atom. The molecule has 2 rings (SSSR count). The van der Waals surface area contributed by atoms with Gasteiger partial charge in [-0.15, -0.1) is 0 Å². The van der Waals surface area contributed by atoms with E-state index in [9.17, 15) is 20.4 Å². The number of aliphatic hydroxyl groups is 4. The summed E-state index contributed by atoms with van der Waals surface area (Å²) in [5, 5.41) is 41.0. The van der Waals surface area contributed by atoms with Crippen molar-refractivity contribution in [3.8, 4) is 0 Å². The van der Waals surface area contributed by atoms with Gasteiger partial charge in [-0.05, 0) is 5.56 Å². The van der Waals surface area contributed by atoms with Gasteiger partial charge >= 0.3 is 0 Å². The molecule has 1 unspecified atom stereocenters. The van der Waals surface area contributed by atoms with E-state index >= 15 is 0 Å². The van der Waals surface area contributed by atoms with E-state index in [4.69, 9.17) is 0 Å². The zero-order chi connectivity index (χ0) is 12.4. The highest BCUT2D eigenvalue weighted by atomic mass is 16.4. The molecule has 94 valence electrons. The molecule has 5 N–H and O–H groups in total. The zero-order valence-electron chi connectivity index (χ0n) is 9.27. The normalized spacial score (nSPS) is 37.3. The number of rotatable bonds is 3. The fourth-order valence-electron chi connectivity index (χ4n) is 2.10. The molecule has 0 amide bonds. The molecule has 0 spiro atoms. The average molecular weight is 239 g/mol. The summed E-state index contributed by atoms with van der Waals surface area (Å²) < 4.78 is 0. The summed E-state index contributed by atoms with van der Waals surface area (Å²) in [5.41, 5.74) is 1.00. The molecule has 0 aromatic heterocycles. The molecule has 1 aliphatic carbocycles. The summed E-state index contributed by atoms with van der Waals surface area (Å²) >= 11 is 0. The van der Waals surface area contributed by atoms with Crippen molar-refractivity contribution in [1.29, 1.82) is 0 Å². The highest BCUT2D eigenvalue weighted by molar-refractivity contribution is 5.15. The van der Waals surface area contributed by atoms with Crippen LogP contribution in [-0.4, -0.2) is 50.9 Å². The van der Waals surface area contributed by atoms with E-state index in [-0.39, 0.29) is 0 Å². The monoisotopic (exact) mass is 239 g/mol. The summed E-state index contributed by atoms with van der Waals surface area (Å²) in [6.07, 6.45) is -4.94. The van der Waals surface area contributed by atoms with Crippen LogP contribution >= 0.6 is 0 Å². The molecule has 17 heavy (non-hydrogen) atoms. The van der Waals surface area contributed by atoms with Crippen LogP contribution in [0, 0.1) is 0 Å². The van der Waals surface area contributed by atoms with Gasteiger partial charge in [0, 0.05) is 6.54 Å². The van der Waals surface area contributed by atoms with Gasteiger partial charge < -0.3 is 25.7 Å². The smallest absolute Gasteiger partial charge is 0.110 e. The third-order valence-electron chi connectivity index (χ3n) is 3.17. The van der Waals surface area contributed by atoms with Crippen LogP contribution in [-0.2, 0) is 6.54 Å². The van der Waals surface area contributed by atoms with E-state index in [1.165, 1.54) is 0 Å². The Bertz CT molecular complexity index is 345. The lowest BCUT2D eigenvalue weighted by Crippen LogP contribution is -2.44. The van der Waals surface area contributed by atoms with Crippen molar-refractivity contribution in [2.45, 2.75) is 37.0 Å². The molecule has 0 aliphatic heterocycles. The Balaban J connectivity index is 1.96. The predicted octanol–water partition coefficient (Wildman–Crippen LogP) is -1.40. The maximum absolute atomic E-state index is 9.64. The molecular formula is C12H17NO4. The van der Waals surface area contributed by atoms with Crippen molar-refractivity contribution in [2.75, 3.05) is 0 Å². The Hall–Kier alpha value is -0.980. The summed E-state index contributed by atoms with van der Waals surface area (Å²) in [4.78, 5) is 0. The first-order chi connectivity index (χ1) is 8.11. The van der Waals surface area contributed by atoms with E-state index < -0.39 is 30.5 Å². The topological polar surface area (TPSA) is 93.0 Å². The zero-order valence-corrected chi connectivity index (χ0v) is 9.27. The van der Waals surface area contributed by atoms with Crippen LogP contribution in [0.25, 0.3) is 0 Å². The third-order valence-corrected chi connectivity index (χ3v) is 3.17. The van der Waals surface area contributed by atoms with Gasteiger partial charge in [0.1, 0.15) is 24.4 Å². The standard InChI is InChI=1S/C12H17NO4/c14-9-8(10(15)12(17)11(9)16)13-6-7-4-2-1-3-5-7/h1-5,8-17H,6H2/t8?,9-,10+,11-,12+. The molecule has 1 saturated carbocycles. The summed E-state index contributed by atoms with van der Waals surface area (Å²) in [6, 6.07) is 8.78. The molecule has 5 nitrogen and oxygen atoms in total. The van der Waals surface area contributed by atoms with Gasteiger partial charge in [-0.3, -0.25) is 0 Å². The fraction of sp³-hybridized carbons (Fsp3) is 0.500. The second-order valence-electron chi connectivity index (χ2n) is 4.35. The minimum absolute atomic E-state index is 0.457. The molecule has 0 radical (unpaired) electrons. The number of nitrogens with one attached hydrogen (secondary N) is 1. The average Bonchev–Trinajstić information content (AvgIpc) is 2.54. The van der Waals surface area contributed by atoms with Crippen LogP contribution in [0.5, 0.6) is 0 Å². The number of benzene rings is 1. The second kappa shape index (κ2) is 5.12. The van der Waals surface area contributed by atoms with Crippen molar-refractivity contribution in [2.24, 2.45) is 0 Å². The molecule has 1 aromatic carbocycles. The lowest BCUT2D eigenvalue weighted by molar-refractivity contribution is -0.0413.